The van der Waals surface area contributed by atoms with Crippen LogP contribution in [0.15, 0.2) is 12.3 Å². The van der Waals surface area contributed by atoms with Crippen molar-refractivity contribution in [3.05, 3.63) is 18.0 Å². The van der Waals surface area contributed by atoms with Crippen molar-refractivity contribution >= 4 is 24.8 Å². The number of morpholine rings is 1. The normalized spacial score (nSPS) is 15.8. The first-order chi connectivity index (χ1) is 8.77. The Hall–Kier alpha value is -0.470. The number of nitrogens with one attached hydrogen (secondary N) is 1. The second-order valence-corrected chi connectivity index (χ2v) is 4.18. The molecule has 5 nitrogen and oxygen atoms in total. The highest BCUT2D eigenvalue weighted by Gasteiger charge is 2.12. The maximum Gasteiger partial charge on any atom is 0.333 e. The van der Waals surface area contributed by atoms with E-state index in [4.69, 9.17) is 4.74 Å². The van der Waals surface area contributed by atoms with Gasteiger partial charge >= 0.3 is 6.55 Å². The van der Waals surface area contributed by atoms with Crippen LogP contribution < -0.4 is 5.32 Å². The maximum absolute atomic E-state index is 12.5. The van der Waals surface area contributed by atoms with Crippen LogP contribution in [-0.4, -0.2) is 54.1 Å². The molecule has 0 amide bonds. The topological polar surface area (TPSA) is 42.3 Å². The number of hydrogen-bond acceptors (Lipinski definition) is 4. The van der Waals surface area contributed by atoms with Crippen molar-refractivity contribution < 1.29 is 13.5 Å². The fraction of sp³-hybridized carbons (Fsp3) is 0.727. The Morgan fingerprint density at radius 2 is 2.00 bits per heavy atom. The van der Waals surface area contributed by atoms with Gasteiger partial charge in [-0.2, -0.15) is 13.9 Å². The van der Waals surface area contributed by atoms with Gasteiger partial charge in [0.1, 0.15) is 0 Å². The molecule has 1 aromatic heterocycles. The Labute approximate surface area is 129 Å². The molecule has 9 heteroatoms. The molecule has 1 N–H and O–H groups in total. The van der Waals surface area contributed by atoms with E-state index in [2.05, 4.69) is 15.3 Å². The first-order valence-electron chi connectivity index (χ1n) is 6.09. The number of alkyl halides is 2. The van der Waals surface area contributed by atoms with E-state index >= 15 is 0 Å². The van der Waals surface area contributed by atoms with Crippen LogP contribution >= 0.6 is 24.8 Å². The fourth-order valence-electron chi connectivity index (χ4n) is 1.94. The molecule has 0 unspecified atom stereocenters. The van der Waals surface area contributed by atoms with E-state index in [-0.39, 0.29) is 24.8 Å². The summed E-state index contributed by atoms with van der Waals surface area (Å²) < 4.78 is 31.0. The molecular weight excluding hydrogens is 313 g/mol. The Morgan fingerprint density at radius 3 is 2.65 bits per heavy atom. The summed E-state index contributed by atoms with van der Waals surface area (Å²) >= 11 is 0. The molecular formula is C11H20Cl2F2N4O. The number of nitrogens with zero attached hydrogens (tertiary/aromatic N) is 3. The van der Waals surface area contributed by atoms with Crippen LogP contribution in [0.25, 0.3) is 0 Å². The summed E-state index contributed by atoms with van der Waals surface area (Å²) in [6.07, 6.45) is 1.39. The summed E-state index contributed by atoms with van der Waals surface area (Å²) in [6.45, 7) is 2.95. The molecule has 118 valence electrons. The lowest BCUT2D eigenvalue weighted by atomic mass is 10.4. The quantitative estimate of drug-likeness (QED) is 0.802. The molecule has 1 aliphatic rings. The van der Waals surface area contributed by atoms with Crippen LogP contribution in [0.4, 0.5) is 8.78 Å². The van der Waals surface area contributed by atoms with Gasteiger partial charge in [0.15, 0.2) is 0 Å². The predicted octanol–water partition coefficient (Wildman–Crippen LogP) is 1.54. The Balaban J connectivity index is 0.00000180. The van der Waals surface area contributed by atoms with Crippen LogP contribution in [0.5, 0.6) is 0 Å². The molecule has 0 bridgehead atoms. The number of rotatable bonds is 6. The zero-order valence-corrected chi connectivity index (χ0v) is 12.6. The summed E-state index contributed by atoms with van der Waals surface area (Å²) in [6, 6.07) is 1.61. The molecule has 1 fully saturated rings. The van der Waals surface area contributed by atoms with Crippen LogP contribution in [0, 0.1) is 0 Å². The SMILES string of the molecule is Cl.Cl.FC(F)n1nccc1CNCCN1CCOCC1. The summed E-state index contributed by atoms with van der Waals surface area (Å²) in [5.74, 6) is 0. The van der Waals surface area contributed by atoms with E-state index in [1.54, 1.807) is 6.07 Å². The van der Waals surface area contributed by atoms with Gasteiger partial charge in [-0.3, -0.25) is 4.90 Å². The molecule has 0 saturated carbocycles. The molecule has 1 saturated heterocycles. The van der Waals surface area contributed by atoms with Crippen LogP contribution in [0.3, 0.4) is 0 Å². The van der Waals surface area contributed by atoms with E-state index in [0.29, 0.717) is 12.2 Å². The monoisotopic (exact) mass is 332 g/mol. The number of ether oxygens (including phenoxy) is 1. The number of halogens is 4. The van der Waals surface area contributed by atoms with Crippen molar-refractivity contribution in [3.63, 3.8) is 0 Å². The highest BCUT2D eigenvalue weighted by Crippen LogP contribution is 2.11. The van der Waals surface area contributed by atoms with Gasteiger partial charge in [-0.05, 0) is 6.07 Å². The summed E-state index contributed by atoms with van der Waals surface area (Å²) in [5.41, 5.74) is 0.506. The average Bonchev–Trinajstić information content (AvgIpc) is 2.84. The van der Waals surface area contributed by atoms with Gasteiger partial charge < -0.3 is 10.1 Å². The smallest absolute Gasteiger partial charge is 0.333 e. The van der Waals surface area contributed by atoms with Gasteiger partial charge in [-0.25, -0.2) is 4.68 Å². The molecule has 0 aliphatic carbocycles. The first-order valence-corrected chi connectivity index (χ1v) is 6.09. The van der Waals surface area contributed by atoms with Crippen LogP contribution in [0.1, 0.15) is 12.2 Å². The van der Waals surface area contributed by atoms with Crippen molar-refractivity contribution in [2.75, 3.05) is 39.4 Å². The van der Waals surface area contributed by atoms with Crippen molar-refractivity contribution in [1.82, 2.24) is 20.0 Å². The molecule has 0 spiro atoms. The standard InChI is InChI=1S/C11H18F2N4O.2ClH/c12-11(13)17-10(1-2-15-17)9-14-3-4-16-5-7-18-8-6-16;;/h1-2,11,14H,3-9H2;2*1H. The zero-order valence-electron chi connectivity index (χ0n) is 11.0. The third kappa shape index (κ3) is 5.88. The summed E-state index contributed by atoms with van der Waals surface area (Å²) in [7, 11) is 0. The average molecular weight is 333 g/mol. The molecule has 0 atom stereocenters. The summed E-state index contributed by atoms with van der Waals surface area (Å²) in [4.78, 5) is 2.29. The fourth-order valence-corrected chi connectivity index (χ4v) is 1.94. The summed E-state index contributed by atoms with van der Waals surface area (Å²) in [5, 5.41) is 6.74. The molecule has 0 aromatic carbocycles. The first kappa shape index (κ1) is 19.5. The third-order valence-electron chi connectivity index (χ3n) is 2.95. The second kappa shape index (κ2) is 10.3. The Bertz CT molecular complexity index is 362. The van der Waals surface area contributed by atoms with Crippen molar-refractivity contribution in [1.29, 1.82) is 0 Å². The Morgan fingerprint density at radius 1 is 1.30 bits per heavy atom. The van der Waals surface area contributed by atoms with Crippen LogP contribution in [0.2, 0.25) is 0 Å². The van der Waals surface area contributed by atoms with E-state index in [0.717, 1.165) is 44.1 Å². The largest absolute Gasteiger partial charge is 0.379 e. The van der Waals surface area contributed by atoms with Gasteiger partial charge in [0.25, 0.3) is 0 Å². The minimum absolute atomic E-state index is 0. The van der Waals surface area contributed by atoms with Crippen LogP contribution in [-0.2, 0) is 11.3 Å². The lowest BCUT2D eigenvalue weighted by Crippen LogP contribution is -2.40. The van der Waals surface area contributed by atoms with Crippen molar-refractivity contribution in [2.45, 2.75) is 13.1 Å². The highest BCUT2D eigenvalue weighted by molar-refractivity contribution is 5.85. The van der Waals surface area contributed by atoms with E-state index in [1.165, 1.54) is 6.20 Å². The van der Waals surface area contributed by atoms with Crippen molar-refractivity contribution in [3.8, 4) is 0 Å². The van der Waals surface area contributed by atoms with E-state index < -0.39 is 6.55 Å². The molecule has 0 radical (unpaired) electrons. The van der Waals surface area contributed by atoms with Gasteiger partial charge in [0, 0.05) is 38.9 Å². The lowest BCUT2D eigenvalue weighted by Gasteiger charge is -2.26. The molecule has 1 aromatic rings. The van der Waals surface area contributed by atoms with Gasteiger partial charge in [0.2, 0.25) is 0 Å². The second-order valence-electron chi connectivity index (χ2n) is 4.18. The highest BCUT2D eigenvalue weighted by atomic mass is 35.5. The molecule has 1 aliphatic heterocycles. The molecule has 20 heavy (non-hydrogen) atoms. The number of aromatic nitrogens is 2. The molecule has 2 heterocycles. The van der Waals surface area contributed by atoms with Gasteiger partial charge in [-0.1, -0.05) is 0 Å². The lowest BCUT2D eigenvalue weighted by molar-refractivity contribution is 0.0381. The zero-order chi connectivity index (χ0) is 12.8. The minimum atomic E-state index is -2.57. The van der Waals surface area contributed by atoms with E-state index in [9.17, 15) is 8.78 Å². The Kier molecular flexibility index (Phi) is 10.0. The van der Waals surface area contributed by atoms with Crippen molar-refractivity contribution in [2.24, 2.45) is 0 Å². The predicted molar refractivity (Wildman–Crippen MR) is 76.9 cm³/mol. The third-order valence-corrected chi connectivity index (χ3v) is 2.95. The minimum Gasteiger partial charge on any atom is -0.379 e. The van der Waals surface area contributed by atoms with E-state index in [1.807, 2.05) is 0 Å². The molecule has 2 rings (SSSR count). The van der Waals surface area contributed by atoms with Gasteiger partial charge in [0.05, 0.1) is 18.9 Å². The van der Waals surface area contributed by atoms with Gasteiger partial charge in [-0.15, -0.1) is 24.8 Å². The number of hydrogen-bond donors (Lipinski definition) is 1. The maximum atomic E-state index is 12.5.